The summed E-state index contributed by atoms with van der Waals surface area (Å²) >= 11 is 0. The summed E-state index contributed by atoms with van der Waals surface area (Å²) in [4.78, 5) is 25.8. The van der Waals surface area contributed by atoms with Gasteiger partial charge in [-0.05, 0) is 37.5 Å². The monoisotopic (exact) mass is 306 g/mol. The van der Waals surface area contributed by atoms with E-state index in [-0.39, 0.29) is 25.0 Å². The predicted molar refractivity (Wildman–Crippen MR) is 79.7 cm³/mol. The zero-order valence-electron chi connectivity index (χ0n) is 12.3. The lowest BCUT2D eigenvalue weighted by Gasteiger charge is -2.14. The number of nitrogens with one attached hydrogen (secondary N) is 1. The molecule has 1 aromatic heterocycles. The van der Waals surface area contributed by atoms with Crippen molar-refractivity contribution in [3.05, 3.63) is 46.2 Å². The molecule has 1 aromatic carbocycles. The van der Waals surface area contributed by atoms with E-state index in [0.29, 0.717) is 12.8 Å². The quantitative estimate of drug-likeness (QED) is 0.459. The van der Waals surface area contributed by atoms with Gasteiger partial charge in [-0.2, -0.15) is 0 Å². The fourth-order valence-corrected chi connectivity index (χ4v) is 2.25. The van der Waals surface area contributed by atoms with Gasteiger partial charge in [0.15, 0.2) is 0 Å². The summed E-state index contributed by atoms with van der Waals surface area (Å²) < 4.78 is 5.35. The van der Waals surface area contributed by atoms with E-state index in [1.165, 1.54) is 0 Å². The van der Waals surface area contributed by atoms with E-state index in [4.69, 9.17) is 4.42 Å². The minimum absolute atomic E-state index is 0.0312. The average molecular weight is 306 g/mol. The number of hydrogen-bond donors (Lipinski definition) is 1. The van der Waals surface area contributed by atoms with Crippen LogP contribution in [0, 0.1) is 10.1 Å². The summed E-state index contributed by atoms with van der Waals surface area (Å²) in [5.74, 6) is -0.140. The maximum atomic E-state index is 11.7. The standard InChI is InChI=1S/C15H18N2O5/c1-11(16-15(18)3-2-7-22-17(19)20)9-12-4-5-13-6-8-21-14(13)10-12/h4-6,8,10-11H,2-3,7,9H2,1H3,(H,16,18)/t11-/m1/s1. The van der Waals surface area contributed by atoms with Gasteiger partial charge >= 0.3 is 0 Å². The van der Waals surface area contributed by atoms with E-state index in [2.05, 4.69) is 10.2 Å². The van der Waals surface area contributed by atoms with Crippen molar-refractivity contribution < 1.29 is 19.1 Å². The second kappa shape index (κ2) is 7.44. The van der Waals surface area contributed by atoms with Crippen LogP contribution in [0.4, 0.5) is 0 Å². The number of fused-ring (bicyclic) bond motifs is 1. The molecule has 2 rings (SSSR count). The van der Waals surface area contributed by atoms with Gasteiger partial charge in [0.05, 0.1) is 12.9 Å². The van der Waals surface area contributed by atoms with Crippen LogP contribution < -0.4 is 5.32 Å². The van der Waals surface area contributed by atoms with E-state index in [9.17, 15) is 14.9 Å². The second-order valence-corrected chi connectivity index (χ2v) is 5.13. The van der Waals surface area contributed by atoms with Gasteiger partial charge in [-0.15, -0.1) is 10.1 Å². The van der Waals surface area contributed by atoms with Crippen LogP contribution in [0.3, 0.4) is 0 Å². The SMILES string of the molecule is C[C@H](Cc1ccc2ccoc2c1)NC(=O)CCCO[N+](=O)[O-]. The lowest BCUT2D eigenvalue weighted by Crippen LogP contribution is -2.34. The van der Waals surface area contributed by atoms with Crippen molar-refractivity contribution >= 4 is 16.9 Å². The maximum absolute atomic E-state index is 11.7. The van der Waals surface area contributed by atoms with Crippen molar-refractivity contribution in [2.45, 2.75) is 32.2 Å². The van der Waals surface area contributed by atoms with Gasteiger partial charge in [-0.3, -0.25) is 4.79 Å². The van der Waals surface area contributed by atoms with E-state index >= 15 is 0 Å². The van der Waals surface area contributed by atoms with Crippen molar-refractivity contribution in [3.8, 4) is 0 Å². The zero-order valence-corrected chi connectivity index (χ0v) is 12.3. The smallest absolute Gasteiger partial charge is 0.294 e. The minimum Gasteiger partial charge on any atom is -0.464 e. The Bertz CT molecular complexity index is 652. The highest BCUT2D eigenvalue weighted by molar-refractivity contribution is 5.78. The van der Waals surface area contributed by atoms with Crippen molar-refractivity contribution in [1.82, 2.24) is 5.32 Å². The van der Waals surface area contributed by atoms with Crippen molar-refractivity contribution in [2.75, 3.05) is 6.61 Å². The fraction of sp³-hybridized carbons (Fsp3) is 0.400. The maximum Gasteiger partial charge on any atom is 0.294 e. The first-order valence-corrected chi connectivity index (χ1v) is 7.07. The number of amides is 1. The second-order valence-electron chi connectivity index (χ2n) is 5.13. The molecule has 0 aliphatic rings. The molecule has 0 bridgehead atoms. The highest BCUT2D eigenvalue weighted by Crippen LogP contribution is 2.17. The van der Waals surface area contributed by atoms with Crippen LogP contribution in [-0.2, 0) is 16.1 Å². The molecular weight excluding hydrogens is 288 g/mol. The zero-order chi connectivity index (χ0) is 15.9. The highest BCUT2D eigenvalue weighted by atomic mass is 16.9. The fourth-order valence-electron chi connectivity index (χ4n) is 2.25. The van der Waals surface area contributed by atoms with Gasteiger partial charge in [0.2, 0.25) is 5.91 Å². The van der Waals surface area contributed by atoms with Gasteiger partial charge in [0.1, 0.15) is 5.58 Å². The molecular formula is C15H18N2O5. The number of benzene rings is 1. The number of carbonyl (C=O) groups excluding carboxylic acids is 1. The molecule has 118 valence electrons. The topological polar surface area (TPSA) is 94.6 Å². The first kappa shape index (κ1) is 15.8. The molecule has 1 N–H and O–H groups in total. The van der Waals surface area contributed by atoms with Crippen LogP contribution in [0.1, 0.15) is 25.3 Å². The van der Waals surface area contributed by atoms with Crippen LogP contribution in [0.5, 0.6) is 0 Å². The number of nitrogens with zero attached hydrogens (tertiary/aromatic N) is 1. The largest absolute Gasteiger partial charge is 0.464 e. The van der Waals surface area contributed by atoms with Gasteiger partial charge in [-0.1, -0.05) is 12.1 Å². The Kier molecular flexibility index (Phi) is 5.35. The molecule has 1 amide bonds. The number of carbonyl (C=O) groups is 1. The Balaban J connectivity index is 1.75. The van der Waals surface area contributed by atoms with E-state index in [0.717, 1.165) is 16.5 Å². The molecule has 0 radical (unpaired) electrons. The number of hydrogen-bond acceptors (Lipinski definition) is 5. The third kappa shape index (κ3) is 4.76. The van der Waals surface area contributed by atoms with E-state index in [1.54, 1.807) is 6.26 Å². The molecule has 0 unspecified atom stereocenters. The molecule has 7 nitrogen and oxygen atoms in total. The Morgan fingerprint density at radius 3 is 3.05 bits per heavy atom. The molecule has 1 atom stereocenters. The summed E-state index contributed by atoms with van der Waals surface area (Å²) in [5, 5.41) is 13.0. The number of furan rings is 1. The molecule has 0 aliphatic heterocycles. The number of rotatable bonds is 8. The van der Waals surface area contributed by atoms with Gasteiger partial charge in [0.25, 0.3) is 5.09 Å². The molecule has 0 fully saturated rings. The third-order valence-corrected chi connectivity index (χ3v) is 3.21. The first-order valence-electron chi connectivity index (χ1n) is 7.07. The minimum atomic E-state index is -0.856. The lowest BCUT2D eigenvalue weighted by molar-refractivity contribution is -0.757. The molecule has 0 aliphatic carbocycles. The van der Waals surface area contributed by atoms with Crippen LogP contribution in [0.25, 0.3) is 11.0 Å². The Labute approximate surface area is 127 Å². The van der Waals surface area contributed by atoms with Gasteiger partial charge in [-0.25, -0.2) is 0 Å². The summed E-state index contributed by atoms with van der Waals surface area (Å²) in [5.41, 5.74) is 1.90. The van der Waals surface area contributed by atoms with Crippen molar-refractivity contribution in [2.24, 2.45) is 0 Å². The summed E-state index contributed by atoms with van der Waals surface area (Å²) in [6, 6.07) is 7.82. The summed E-state index contributed by atoms with van der Waals surface area (Å²) in [6.45, 7) is 1.85. The van der Waals surface area contributed by atoms with Crippen LogP contribution in [0.2, 0.25) is 0 Å². The van der Waals surface area contributed by atoms with Crippen molar-refractivity contribution in [1.29, 1.82) is 0 Å². The molecule has 2 aromatic rings. The molecule has 0 saturated heterocycles. The molecule has 0 saturated carbocycles. The normalized spacial score (nSPS) is 12.0. The Morgan fingerprint density at radius 2 is 2.27 bits per heavy atom. The summed E-state index contributed by atoms with van der Waals surface area (Å²) in [6.07, 6.45) is 2.85. The van der Waals surface area contributed by atoms with Crippen LogP contribution in [-0.4, -0.2) is 23.6 Å². The van der Waals surface area contributed by atoms with Crippen LogP contribution in [0.15, 0.2) is 34.9 Å². The van der Waals surface area contributed by atoms with E-state index < -0.39 is 5.09 Å². The molecule has 7 heteroatoms. The molecule has 1 heterocycles. The van der Waals surface area contributed by atoms with Gasteiger partial charge in [0, 0.05) is 17.8 Å². The lowest BCUT2D eigenvalue weighted by atomic mass is 10.1. The average Bonchev–Trinajstić information content (AvgIpc) is 2.90. The third-order valence-electron chi connectivity index (χ3n) is 3.21. The van der Waals surface area contributed by atoms with E-state index in [1.807, 2.05) is 31.2 Å². The Morgan fingerprint density at radius 1 is 1.45 bits per heavy atom. The summed E-state index contributed by atoms with van der Waals surface area (Å²) in [7, 11) is 0. The van der Waals surface area contributed by atoms with Gasteiger partial charge < -0.3 is 14.6 Å². The highest BCUT2D eigenvalue weighted by Gasteiger charge is 2.09. The van der Waals surface area contributed by atoms with Crippen LogP contribution >= 0.6 is 0 Å². The molecule has 0 spiro atoms. The Hall–Kier alpha value is -2.57. The molecule has 22 heavy (non-hydrogen) atoms. The first-order chi connectivity index (χ1) is 10.5. The van der Waals surface area contributed by atoms with Crippen molar-refractivity contribution in [3.63, 3.8) is 0 Å². The predicted octanol–water partition coefficient (Wildman–Crippen LogP) is 2.47.